The quantitative estimate of drug-likeness (QED) is 0.291. The van der Waals surface area contributed by atoms with Gasteiger partial charge in [-0.2, -0.15) is 0 Å². The van der Waals surface area contributed by atoms with Crippen LogP contribution in [0.2, 0.25) is 0 Å². The molecular weight excluding hydrogens is 458 g/mol. The number of aliphatic hydroxyl groups excluding tert-OH is 1. The van der Waals surface area contributed by atoms with Crippen molar-refractivity contribution >= 4 is 22.5 Å². The van der Waals surface area contributed by atoms with E-state index in [1.807, 2.05) is 30.3 Å². The summed E-state index contributed by atoms with van der Waals surface area (Å²) in [6, 6.07) is 12.0. The third kappa shape index (κ3) is 5.39. The number of hydrogen-bond acceptors (Lipinski definition) is 9. The number of nitrogens with zero attached hydrogens (tertiary/aromatic N) is 5. The third-order valence-corrected chi connectivity index (χ3v) is 6.46. The molecule has 4 aromatic rings. The molecule has 1 aromatic carbocycles. The Morgan fingerprint density at radius 2 is 2.11 bits per heavy atom. The molecule has 36 heavy (non-hydrogen) atoms. The van der Waals surface area contributed by atoms with Crippen LogP contribution in [0.4, 0.5) is 11.5 Å². The van der Waals surface area contributed by atoms with E-state index >= 15 is 0 Å². The van der Waals surface area contributed by atoms with E-state index in [-0.39, 0.29) is 12.6 Å². The summed E-state index contributed by atoms with van der Waals surface area (Å²) in [4.78, 5) is 15.3. The zero-order valence-corrected chi connectivity index (χ0v) is 20.4. The van der Waals surface area contributed by atoms with E-state index in [9.17, 15) is 5.11 Å². The lowest BCUT2D eigenvalue weighted by atomic mass is 10.1. The Morgan fingerprint density at radius 1 is 1.17 bits per heavy atom. The number of rotatable bonds is 11. The summed E-state index contributed by atoms with van der Waals surface area (Å²) in [6.07, 6.45) is 6.20. The molecule has 1 fully saturated rings. The molecule has 0 radical (unpaired) electrons. The zero-order valence-electron chi connectivity index (χ0n) is 20.4. The summed E-state index contributed by atoms with van der Waals surface area (Å²) in [5, 5.41) is 20.9. The molecule has 10 heteroatoms. The van der Waals surface area contributed by atoms with E-state index in [1.54, 1.807) is 6.20 Å². The van der Waals surface area contributed by atoms with E-state index < -0.39 is 0 Å². The Bertz CT molecular complexity index is 1280. The molecular formula is C26H31N7O3. The van der Waals surface area contributed by atoms with Gasteiger partial charge in [-0.15, -0.1) is 5.10 Å². The molecule has 1 saturated heterocycles. The van der Waals surface area contributed by atoms with E-state index in [1.165, 1.54) is 6.33 Å². The van der Waals surface area contributed by atoms with Crippen molar-refractivity contribution in [3.05, 3.63) is 60.2 Å². The first-order chi connectivity index (χ1) is 17.7. The van der Waals surface area contributed by atoms with Crippen molar-refractivity contribution in [1.29, 1.82) is 0 Å². The number of aromatic amines is 1. The summed E-state index contributed by atoms with van der Waals surface area (Å²) in [7, 11) is 0. The summed E-state index contributed by atoms with van der Waals surface area (Å²) < 4.78 is 12.0. The Balaban J connectivity index is 1.29. The van der Waals surface area contributed by atoms with Gasteiger partial charge < -0.3 is 19.9 Å². The lowest BCUT2D eigenvalue weighted by molar-refractivity contribution is 0.138. The third-order valence-electron chi connectivity index (χ3n) is 6.46. The first kappa shape index (κ1) is 24.0. The van der Waals surface area contributed by atoms with Gasteiger partial charge in [-0.3, -0.25) is 15.0 Å². The fourth-order valence-corrected chi connectivity index (χ4v) is 4.53. The SMILES string of the molecule is CCc1cc(Nc2ncnc3[nH]nc(OCCN4CCCC4CO)c23)ccc1OCc1ccccn1. The van der Waals surface area contributed by atoms with Crippen molar-refractivity contribution in [1.82, 2.24) is 30.0 Å². The number of aromatic nitrogens is 5. The normalized spacial score (nSPS) is 15.9. The van der Waals surface area contributed by atoms with E-state index in [2.05, 4.69) is 48.4 Å². The summed E-state index contributed by atoms with van der Waals surface area (Å²) in [5.74, 6) is 1.90. The van der Waals surface area contributed by atoms with Gasteiger partial charge in [0.25, 0.3) is 0 Å². The average Bonchev–Trinajstić information content (AvgIpc) is 3.56. The smallest absolute Gasteiger partial charge is 0.246 e. The minimum atomic E-state index is 0.181. The number of pyridine rings is 1. The fourth-order valence-electron chi connectivity index (χ4n) is 4.53. The molecule has 1 atom stereocenters. The second kappa shape index (κ2) is 11.3. The van der Waals surface area contributed by atoms with Crippen molar-refractivity contribution < 1.29 is 14.6 Å². The molecule has 0 amide bonds. The molecule has 1 aliphatic heterocycles. The number of benzene rings is 1. The number of nitrogens with one attached hydrogen (secondary N) is 2. The van der Waals surface area contributed by atoms with Crippen LogP contribution in [0.1, 0.15) is 31.0 Å². The lowest BCUT2D eigenvalue weighted by Gasteiger charge is -2.22. The monoisotopic (exact) mass is 489 g/mol. The molecule has 3 N–H and O–H groups in total. The number of likely N-dealkylation sites (tertiary alicyclic amines) is 1. The predicted octanol–water partition coefficient (Wildman–Crippen LogP) is 3.47. The van der Waals surface area contributed by atoms with Gasteiger partial charge in [0.15, 0.2) is 5.65 Å². The van der Waals surface area contributed by atoms with Gasteiger partial charge in [-0.1, -0.05) is 13.0 Å². The van der Waals surface area contributed by atoms with Gasteiger partial charge in [-0.05, 0) is 61.7 Å². The van der Waals surface area contributed by atoms with Crippen LogP contribution in [0, 0.1) is 0 Å². The van der Waals surface area contributed by atoms with Gasteiger partial charge in [-0.25, -0.2) is 9.97 Å². The lowest BCUT2D eigenvalue weighted by Crippen LogP contribution is -2.35. The largest absolute Gasteiger partial charge is 0.487 e. The highest BCUT2D eigenvalue weighted by molar-refractivity contribution is 5.92. The summed E-state index contributed by atoms with van der Waals surface area (Å²) >= 11 is 0. The van der Waals surface area contributed by atoms with Gasteiger partial charge in [0.1, 0.15) is 36.5 Å². The number of H-pyrrole nitrogens is 1. The topological polar surface area (TPSA) is 121 Å². The van der Waals surface area contributed by atoms with Crippen LogP contribution < -0.4 is 14.8 Å². The molecule has 1 unspecified atom stereocenters. The molecule has 188 valence electrons. The minimum absolute atomic E-state index is 0.181. The molecule has 4 heterocycles. The molecule has 1 aliphatic rings. The number of fused-ring (bicyclic) bond motifs is 1. The molecule has 10 nitrogen and oxygen atoms in total. The molecule has 0 spiro atoms. The molecule has 0 saturated carbocycles. The van der Waals surface area contributed by atoms with E-state index in [4.69, 9.17) is 9.47 Å². The van der Waals surface area contributed by atoms with Crippen molar-refractivity contribution in [3.8, 4) is 11.6 Å². The van der Waals surface area contributed by atoms with Crippen LogP contribution in [0.25, 0.3) is 11.0 Å². The maximum atomic E-state index is 9.54. The van der Waals surface area contributed by atoms with Crippen LogP contribution in [0.5, 0.6) is 11.6 Å². The maximum absolute atomic E-state index is 9.54. The first-order valence-electron chi connectivity index (χ1n) is 12.3. The van der Waals surface area contributed by atoms with Crippen LogP contribution in [0.3, 0.4) is 0 Å². The highest BCUT2D eigenvalue weighted by atomic mass is 16.5. The average molecular weight is 490 g/mol. The summed E-state index contributed by atoms with van der Waals surface area (Å²) in [6.45, 7) is 4.87. The van der Waals surface area contributed by atoms with Crippen LogP contribution >= 0.6 is 0 Å². The second-order valence-electron chi connectivity index (χ2n) is 8.75. The van der Waals surface area contributed by atoms with Gasteiger partial charge in [0.05, 0.1) is 12.3 Å². The van der Waals surface area contributed by atoms with Crippen molar-refractivity contribution in [2.75, 3.05) is 31.6 Å². The molecule has 0 bridgehead atoms. The second-order valence-corrected chi connectivity index (χ2v) is 8.75. The Kier molecular flexibility index (Phi) is 7.53. The highest BCUT2D eigenvalue weighted by Crippen LogP contribution is 2.31. The number of hydrogen-bond donors (Lipinski definition) is 3. The van der Waals surface area contributed by atoms with Crippen LogP contribution in [-0.2, 0) is 13.0 Å². The van der Waals surface area contributed by atoms with Gasteiger partial charge in [0, 0.05) is 24.5 Å². The van der Waals surface area contributed by atoms with E-state index in [0.29, 0.717) is 35.9 Å². The number of anilines is 2. The molecule has 3 aromatic heterocycles. The summed E-state index contributed by atoms with van der Waals surface area (Å²) in [5.41, 5.74) is 3.44. The van der Waals surface area contributed by atoms with Gasteiger partial charge in [0.2, 0.25) is 5.88 Å². The standard InChI is InChI=1S/C26H31N7O3/c1-2-18-14-19(8-9-22(18)36-16-20-6-3-4-10-27-20)30-24-23-25(29-17-28-24)31-32-26(23)35-13-12-33-11-5-7-21(33)15-34/h3-4,6,8-10,14,17,21,34H,2,5,7,11-13,15-16H2,1H3,(H2,28,29,30,31,32). The number of ether oxygens (including phenoxy) is 2. The Morgan fingerprint density at radius 3 is 2.94 bits per heavy atom. The molecule has 0 aliphatic carbocycles. The van der Waals surface area contributed by atoms with Crippen molar-refractivity contribution in [3.63, 3.8) is 0 Å². The first-order valence-corrected chi connectivity index (χ1v) is 12.3. The maximum Gasteiger partial charge on any atom is 0.246 e. The van der Waals surface area contributed by atoms with Crippen molar-refractivity contribution in [2.24, 2.45) is 0 Å². The van der Waals surface area contributed by atoms with Crippen LogP contribution in [0.15, 0.2) is 48.9 Å². The highest BCUT2D eigenvalue weighted by Gasteiger charge is 2.23. The van der Waals surface area contributed by atoms with Crippen LogP contribution in [-0.4, -0.2) is 67.5 Å². The van der Waals surface area contributed by atoms with Crippen molar-refractivity contribution in [2.45, 2.75) is 38.8 Å². The van der Waals surface area contributed by atoms with E-state index in [0.717, 1.165) is 55.0 Å². The number of aliphatic hydroxyl groups is 1. The fraction of sp³-hybridized carbons (Fsp3) is 0.385. The predicted molar refractivity (Wildman–Crippen MR) is 137 cm³/mol. The number of aryl methyl sites for hydroxylation is 1. The Labute approximate surface area is 209 Å². The molecule has 5 rings (SSSR count). The van der Waals surface area contributed by atoms with Gasteiger partial charge >= 0.3 is 0 Å². The zero-order chi connectivity index (χ0) is 24.7. The Hall–Kier alpha value is -3.76. The minimum Gasteiger partial charge on any atom is -0.487 e.